The van der Waals surface area contributed by atoms with E-state index in [9.17, 15) is 0 Å². The molecule has 0 aliphatic heterocycles. The number of rotatable bonds is 4. The molecule has 0 atom stereocenters. The molecule has 0 fully saturated rings. The van der Waals surface area contributed by atoms with Crippen LogP contribution < -0.4 is 4.74 Å². The van der Waals surface area contributed by atoms with E-state index in [1.807, 2.05) is 24.3 Å². The van der Waals surface area contributed by atoms with Crippen molar-refractivity contribution in [1.29, 1.82) is 0 Å². The number of aromatic nitrogens is 1. The fraction of sp³-hybridized carbons (Fsp3) is 0.158. The molecule has 0 bridgehead atoms. The predicted molar refractivity (Wildman–Crippen MR) is 86.9 cm³/mol. The van der Waals surface area contributed by atoms with E-state index in [4.69, 9.17) is 4.74 Å². The van der Waals surface area contributed by atoms with Crippen LogP contribution in [-0.2, 0) is 6.42 Å². The number of nitrogens with one attached hydrogen (secondary N) is 1. The zero-order chi connectivity index (χ0) is 14.7. The third-order valence-corrected chi connectivity index (χ3v) is 3.56. The van der Waals surface area contributed by atoms with Crippen LogP contribution >= 0.6 is 0 Å². The van der Waals surface area contributed by atoms with Crippen LogP contribution in [0.1, 0.15) is 18.2 Å². The van der Waals surface area contributed by atoms with Gasteiger partial charge in [0.25, 0.3) is 0 Å². The van der Waals surface area contributed by atoms with Crippen LogP contribution in [0.5, 0.6) is 11.5 Å². The number of H-pyrrole nitrogens is 1. The Labute approximate surface area is 125 Å². The van der Waals surface area contributed by atoms with Crippen LogP contribution in [0.15, 0.2) is 60.7 Å². The van der Waals surface area contributed by atoms with E-state index >= 15 is 0 Å². The minimum absolute atomic E-state index is 0.853. The predicted octanol–water partition coefficient (Wildman–Crippen LogP) is 5.34. The number of aryl methyl sites for hydroxylation is 2. The monoisotopic (exact) mass is 277 g/mol. The number of benzene rings is 2. The Morgan fingerprint density at radius 1 is 0.810 bits per heavy atom. The van der Waals surface area contributed by atoms with Gasteiger partial charge in [0.15, 0.2) is 0 Å². The molecule has 21 heavy (non-hydrogen) atoms. The van der Waals surface area contributed by atoms with Crippen molar-refractivity contribution >= 4 is 0 Å². The van der Waals surface area contributed by atoms with Gasteiger partial charge in [0.2, 0.25) is 0 Å². The van der Waals surface area contributed by atoms with Crippen molar-refractivity contribution in [2.45, 2.75) is 20.3 Å². The second-order valence-corrected chi connectivity index (χ2v) is 5.18. The second-order valence-electron chi connectivity index (χ2n) is 5.18. The van der Waals surface area contributed by atoms with Gasteiger partial charge < -0.3 is 9.72 Å². The molecule has 0 amide bonds. The van der Waals surface area contributed by atoms with E-state index < -0.39 is 0 Å². The van der Waals surface area contributed by atoms with Gasteiger partial charge in [-0.1, -0.05) is 19.1 Å². The largest absolute Gasteiger partial charge is 0.457 e. The zero-order valence-corrected chi connectivity index (χ0v) is 12.4. The van der Waals surface area contributed by atoms with Gasteiger partial charge >= 0.3 is 0 Å². The summed E-state index contributed by atoms with van der Waals surface area (Å²) < 4.78 is 5.86. The molecule has 0 saturated carbocycles. The van der Waals surface area contributed by atoms with Gasteiger partial charge in [-0.15, -0.1) is 0 Å². The molecular weight excluding hydrogens is 258 g/mol. The maximum absolute atomic E-state index is 5.86. The number of ether oxygens (including phenoxy) is 1. The maximum Gasteiger partial charge on any atom is 0.127 e. The van der Waals surface area contributed by atoms with E-state index in [1.165, 1.54) is 11.3 Å². The summed E-state index contributed by atoms with van der Waals surface area (Å²) in [6.07, 6.45) is 1.05. The van der Waals surface area contributed by atoms with Crippen molar-refractivity contribution in [3.05, 3.63) is 71.9 Å². The molecule has 0 aliphatic rings. The molecule has 2 heteroatoms. The van der Waals surface area contributed by atoms with Crippen molar-refractivity contribution in [3.8, 4) is 22.8 Å². The van der Waals surface area contributed by atoms with Gasteiger partial charge in [-0.05, 0) is 73.0 Å². The summed E-state index contributed by atoms with van der Waals surface area (Å²) in [5.41, 5.74) is 4.78. The highest BCUT2D eigenvalue weighted by molar-refractivity contribution is 5.61. The highest BCUT2D eigenvalue weighted by Gasteiger charge is 2.01. The standard InChI is InChI=1S/C19H19NO/c1-3-15-5-9-17(10-6-15)21-18-11-7-16(8-12-18)19-13-4-14(2)20-19/h4-13,20H,3H2,1-2H3. The molecule has 1 heterocycles. The maximum atomic E-state index is 5.86. The molecule has 0 saturated heterocycles. The van der Waals surface area contributed by atoms with Crippen molar-refractivity contribution in [1.82, 2.24) is 4.98 Å². The first-order valence-electron chi connectivity index (χ1n) is 7.27. The Bertz CT molecular complexity index is 708. The topological polar surface area (TPSA) is 25.0 Å². The van der Waals surface area contributed by atoms with Gasteiger partial charge in [0.1, 0.15) is 11.5 Å². The normalized spacial score (nSPS) is 10.6. The minimum Gasteiger partial charge on any atom is -0.457 e. The number of aromatic amines is 1. The lowest BCUT2D eigenvalue weighted by Gasteiger charge is -2.07. The summed E-state index contributed by atoms with van der Waals surface area (Å²) in [6, 6.07) is 20.5. The molecule has 0 unspecified atom stereocenters. The van der Waals surface area contributed by atoms with E-state index in [0.29, 0.717) is 0 Å². The fourth-order valence-corrected chi connectivity index (χ4v) is 2.30. The number of hydrogen-bond acceptors (Lipinski definition) is 1. The average Bonchev–Trinajstić information content (AvgIpc) is 2.95. The molecule has 0 spiro atoms. The van der Waals surface area contributed by atoms with Crippen molar-refractivity contribution < 1.29 is 4.74 Å². The Morgan fingerprint density at radius 2 is 1.43 bits per heavy atom. The minimum atomic E-state index is 0.853. The van der Waals surface area contributed by atoms with Gasteiger partial charge in [0.05, 0.1) is 0 Å². The van der Waals surface area contributed by atoms with E-state index in [2.05, 4.69) is 55.2 Å². The van der Waals surface area contributed by atoms with Crippen LogP contribution in [0.2, 0.25) is 0 Å². The molecule has 2 aromatic carbocycles. The van der Waals surface area contributed by atoms with Crippen molar-refractivity contribution in [3.63, 3.8) is 0 Å². The van der Waals surface area contributed by atoms with Crippen LogP contribution in [-0.4, -0.2) is 4.98 Å². The first-order chi connectivity index (χ1) is 10.2. The SMILES string of the molecule is CCc1ccc(Oc2ccc(-c3ccc(C)[nH]3)cc2)cc1. The summed E-state index contributed by atoms with van der Waals surface area (Å²) in [4.78, 5) is 3.33. The lowest BCUT2D eigenvalue weighted by Crippen LogP contribution is -1.86. The van der Waals surface area contributed by atoms with Crippen LogP contribution in [0.4, 0.5) is 0 Å². The Balaban J connectivity index is 1.74. The van der Waals surface area contributed by atoms with Crippen LogP contribution in [0.25, 0.3) is 11.3 Å². The number of hydrogen-bond donors (Lipinski definition) is 1. The molecular formula is C19H19NO. The molecule has 1 N–H and O–H groups in total. The summed E-state index contributed by atoms with van der Waals surface area (Å²) in [5.74, 6) is 1.72. The molecule has 0 aliphatic carbocycles. The van der Waals surface area contributed by atoms with E-state index in [0.717, 1.165) is 29.2 Å². The molecule has 3 aromatic rings. The lowest BCUT2D eigenvalue weighted by molar-refractivity contribution is 0.482. The van der Waals surface area contributed by atoms with Crippen molar-refractivity contribution in [2.75, 3.05) is 0 Å². The summed E-state index contributed by atoms with van der Waals surface area (Å²) in [6.45, 7) is 4.21. The Morgan fingerprint density at radius 3 is 1.95 bits per heavy atom. The van der Waals surface area contributed by atoms with Gasteiger partial charge in [-0.2, -0.15) is 0 Å². The first-order valence-corrected chi connectivity index (χ1v) is 7.27. The second kappa shape index (κ2) is 5.88. The Hall–Kier alpha value is -2.48. The van der Waals surface area contributed by atoms with Crippen LogP contribution in [0, 0.1) is 6.92 Å². The fourth-order valence-electron chi connectivity index (χ4n) is 2.30. The Kier molecular flexibility index (Phi) is 3.78. The highest BCUT2D eigenvalue weighted by Crippen LogP contribution is 2.25. The summed E-state index contributed by atoms with van der Waals surface area (Å²) in [5, 5.41) is 0. The molecule has 0 radical (unpaired) electrons. The zero-order valence-electron chi connectivity index (χ0n) is 12.4. The quantitative estimate of drug-likeness (QED) is 0.683. The third-order valence-electron chi connectivity index (χ3n) is 3.56. The molecule has 2 nitrogen and oxygen atoms in total. The van der Waals surface area contributed by atoms with Gasteiger partial charge in [-0.25, -0.2) is 0 Å². The van der Waals surface area contributed by atoms with Gasteiger partial charge in [-0.3, -0.25) is 0 Å². The summed E-state index contributed by atoms with van der Waals surface area (Å²) >= 11 is 0. The summed E-state index contributed by atoms with van der Waals surface area (Å²) in [7, 11) is 0. The van der Waals surface area contributed by atoms with E-state index in [-0.39, 0.29) is 0 Å². The van der Waals surface area contributed by atoms with Crippen LogP contribution in [0.3, 0.4) is 0 Å². The molecule has 106 valence electrons. The van der Waals surface area contributed by atoms with E-state index in [1.54, 1.807) is 0 Å². The third kappa shape index (κ3) is 3.16. The highest BCUT2D eigenvalue weighted by atomic mass is 16.5. The molecule has 1 aromatic heterocycles. The average molecular weight is 277 g/mol. The smallest absolute Gasteiger partial charge is 0.127 e. The molecule has 3 rings (SSSR count). The van der Waals surface area contributed by atoms with Crippen molar-refractivity contribution in [2.24, 2.45) is 0 Å². The lowest BCUT2D eigenvalue weighted by atomic mass is 10.1. The van der Waals surface area contributed by atoms with Gasteiger partial charge in [0, 0.05) is 11.4 Å². The first kappa shape index (κ1) is 13.5.